The van der Waals surface area contributed by atoms with Gasteiger partial charge in [-0.05, 0) is 77.6 Å². The van der Waals surface area contributed by atoms with E-state index >= 15 is 8.78 Å². The van der Waals surface area contributed by atoms with E-state index in [1.807, 2.05) is 13.8 Å². The number of carboxylic acids is 1. The number of hydrogen-bond acceptors (Lipinski definition) is 5. The maximum absolute atomic E-state index is 15.4. The Morgan fingerprint density at radius 2 is 1.82 bits per heavy atom. The molecule has 4 aromatic rings. The Kier molecular flexibility index (Phi) is 6.97. The van der Waals surface area contributed by atoms with Gasteiger partial charge in [-0.2, -0.15) is 0 Å². The highest BCUT2D eigenvalue weighted by molar-refractivity contribution is 5.98. The Labute approximate surface area is 250 Å². The van der Waals surface area contributed by atoms with E-state index in [2.05, 4.69) is 15.3 Å². The molecule has 2 aliphatic rings. The zero-order valence-electron chi connectivity index (χ0n) is 24.4. The third-order valence-corrected chi connectivity index (χ3v) is 9.13. The number of rotatable bonds is 7. The number of amides is 2. The molecule has 4 atom stereocenters. The van der Waals surface area contributed by atoms with E-state index in [9.17, 15) is 23.9 Å². The van der Waals surface area contributed by atoms with Gasteiger partial charge in [0.2, 0.25) is 5.91 Å². The molecule has 2 fully saturated rings. The highest BCUT2D eigenvalue weighted by Crippen LogP contribution is 2.65. The Morgan fingerprint density at radius 1 is 1.11 bits per heavy atom. The zero-order chi connectivity index (χ0) is 31.7. The van der Waals surface area contributed by atoms with Gasteiger partial charge in [-0.1, -0.05) is 13.8 Å². The van der Waals surface area contributed by atoms with Crippen molar-refractivity contribution in [2.75, 3.05) is 6.54 Å². The summed E-state index contributed by atoms with van der Waals surface area (Å²) in [4.78, 5) is 49.3. The number of aryl methyl sites for hydroxylation is 2. The Morgan fingerprint density at radius 3 is 2.48 bits per heavy atom. The summed E-state index contributed by atoms with van der Waals surface area (Å²) in [5.41, 5.74) is 1.56. The molecule has 0 unspecified atom stereocenters. The summed E-state index contributed by atoms with van der Waals surface area (Å²) < 4.78 is 46.0. The van der Waals surface area contributed by atoms with Crippen LogP contribution in [0.3, 0.4) is 0 Å². The quantitative estimate of drug-likeness (QED) is 0.311. The van der Waals surface area contributed by atoms with Crippen LogP contribution in [0.4, 0.5) is 13.2 Å². The van der Waals surface area contributed by atoms with Crippen molar-refractivity contribution in [3.63, 3.8) is 0 Å². The smallest absolute Gasteiger partial charge is 0.305 e. The molecule has 2 aromatic heterocycles. The van der Waals surface area contributed by atoms with E-state index in [1.54, 1.807) is 36.8 Å². The van der Waals surface area contributed by atoms with Crippen molar-refractivity contribution >= 4 is 23.4 Å². The molecule has 228 valence electrons. The van der Waals surface area contributed by atoms with Gasteiger partial charge < -0.3 is 19.7 Å². The van der Waals surface area contributed by atoms with Crippen LogP contribution < -0.4 is 5.32 Å². The molecular weight excluding hydrogens is 575 g/mol. The Bertz CT molecular complexity index is 1800. The third-order valence-electron chi connectivity index (χ3n) is 9.13. The van der Waals surface area contributed by atoms with Gasteiger partial charge in [0, 0.05) is 30.7 Å². The molecule has 1 aliphatic heterocycles. The molecule has 0 bridgehead atoms. The number of hydrogen-bond donors (Lipinski definition) is 2. The first-order valence-corrected chi connectivity index (χ1v) is 14.2. The van der Waals surface area contributed by atoms with E-state index in [0.717, 1.165) is 6.07 Å². The molecular formula is C32H30F3N5O4. The minimum Gasteiger partial charge on any atom is -0.481 e. The lowest BCUT2D eigenvalue weighted by molar-refractivity contribution is -0.138. The highest BCUT2D eigenvalue weighted by atomic mass is 19.2. The number of nitrogens with zero attached hydrogens (tertiary/aromatic N) is 4. The molecule has 3 heterocycles. The molecule has 0 radical (unpaired) electrons. The summed E-state index contributed by atoms with van der Waals surface area (Å²) in [6.45, 7) is 7.51. The van der Waals surface area contributed by atoms with Gasteiger partial charge in [0.25, 0.3) is 5.91 Å². The maximum Gasteiger partial charge on any atom is 0.305 e. The Balaban J connectivity index is 1.35. The van der Waals surface area contributed by atoms with Gasteiger partial charge in [-0.3, -0.25) is 19.4 Å². The number of piperidine rings is 1. The lowest BCUT2D eigenvalue weighted by Gasteiger charge is -2.31. The van der Waals surface area contributed by atoms with Gasteiger partial charge >= 0.3 is 5.97 Å². The highest BCUT2D eigenvalue weighted by Gasteiger charge is 2.69. The minimum atomic E-state index is -1.46. The molecule has 44 heavy (non-hydrogen) atoms. The van der Waals surface area contributed by atoms with Crippen LogP contribution in [0.2, 0.25) is 0 Å². The van der Waals surface area contributed by atoms with Gasteiger partial charge in [0.1, 0.15) is 17.6 Å². The first-order chi connectivity index (χ1) is 20.8. The molecule has 1 saturated heterocycles. The van der Waals surface area contributed by atoms with E-state index < -0.39 is 53.7 Å². The average Bonchev–Trinajstić information content (AvgIpc) is 3.32. The molecule has 6 rings (SSSR count). The molecule has 12 heteroatoms. The number of halogens is 3. The first kappa shape index (κ1) is 29.3. The van der Waals surface area contributed by atoms with Gasteiger partial charge in [0.05, 0.1) is 18.7 Å². The summed E-state index contributed by atoms with van der Waals surface area (Å²) in [5, 5.41) is 12.3. The number of benzene rings is 2. The topological polar surface area (TPSA) is 117 Å². The minimum absolute atomic E-state index is 0.0146. The second kappa shape index (κ2) is 10.5. The predicted octanol–water partition coefficient (Wildman–Crippen LogP) is 4.86. The molecule has 2 aromatic carbocycles. The number of carboxylic acid groups (broad SMARTS) is 1. The number of nitrogens with one attached hydrogen (secondary N) is 1. The SMILES string of the molecule is Cc1cc(F)cc(C)c1-c1cc(F)c(F)c([C@H](CC(=O)O)NC(=O)[C@@H]2[C@@H]3[C@H](CN2C(=O)c2cn4ccncc4n2)C3(C)C)c1. The van der Waals surface area contributed by atoms with Crippen LogP contribution in [0.15, 0.2) is 49.1 Å². The van der Waals surface area contributed by atoms with Crippen molar-refractivity contribution in [3.05, 3.63) is 88.9 Å². The molecule has 2 N–H and O–H groups in total. The van der Waals surface area contributed by atoms with Crippen molar-refractivity contribution in [2.24, 2.45) is 17.3 Å². The number of imidazole rings is 1. The van der Waals surface area contributed by atoms with Crippen LogP contribution in [0.1, 0.15) is 53.5 Å². The lowest BCUT2D eigenvalue weighted by atomic mass is 9.91. The van der Waals surface area contributed by atoms with Crippen molar-refractivity contribution in [3.8, 4) is 11.1 Å². The molecule has 1 saturated carbocycles. The van der Waals surface area contributed by atoms with E-state index in [1.165, 1.54) is 29.3 Å². The van der Waals surface area contributed by atoms with Crippen molar-refractivity contribution in [1.29, 1.82) is 0 Å². The van der Waals surface area contributed by atoms with Crippen LogP contribution >= 0.6 is 0 Å². The van der Waals surface area contributed by atoms with Crippen LogP contribution in [0, 0.1) is 48.5 Å². The number of aliphatic carboxylic acids is 1. The van der Waals surface area contributed by atoms with Crippen molar-refractivity contribution in [1.82, 2.24) is 24.6 Å². The van der Waals surface area contributed by atoms with E-state index in [4.69, 9.17) is 0 Å². The van der Waals surface area contributed by atoms with Crippen molar-refractivity contribution in [2.45, 2.75) is 46.2 Å². The van der Waals surface area contributed by atoms with Gasteiger partial charge in [0.15, 0.2) is 17.3 Å². The summed E-state index contributed by atoms with van der Waals surface area (Å²) in [6.07, 6.45) is 5.48. The van der Waals surface area contributed by atoms with Crippen LogP contribution in [-0.2, 0) is 9.59 Å². The fourth-order valence-corrected chi connectivity index (χ4v) is 6.93. The fraction of sp³-hybridized carbons (Fsp3) is 0.344. The van der Waals surface area contributed by atoms with Crippen LogP contribution in [0.5, 0.6) is 0 Å². The maximum atomic E-state index is 15.4. The molecule has 9 nitrogen and oxygen atoms in total. The number of likely N-dealkylation sites (tertiary alicyclic amines) is 1. The third kappa shape index (κ3) is 4.87. The average molecular weight is 606 g/mol. The van der Waals surface area contributed by atoms with Crippen molar-refractivity contribution < 1.29 is 32.7 Å². The second-order valence-corrected chi connectivity index (χ2v) is 12.3. The lowest BCUT2D eigenvalue weighted by Crippen LogP contribution is -2.50. The number of carbonyl (C=O) groups excluding carboxylic acids is 2. The normalized spacial score (nSPS) is 20.8. The standard InChI is InChI=1S/C32H30F3N5O4/c1-15-7-18(33)8-16(2)26(15)17-9-19(28(35)21(34)10-17)22(11-25(41)42)38-30(43)29-27-20(32(27,3)4)13-40(29)31(44)23-14-39-6-5-36-12-24(39)37-23/h5-10,12,14,20,22,27,29H,11,13H2,1-4H3,(H,38,43)(H,41,42)/t20-,22-,27-,29-/m0/s1. The van der Waals surface area contributed by atoms with Gasteiger partial charge in [-0.25, -0.2) is 18.2 Å². The summed E-state index contributed by atoms with van der Waals surface area (Å²) >= 11 is 0. The Hall–Kier alpha value is -4.74. The summed E-state index contributed by atoms with van der Waals surface area (Å²) in [7, 11) is 0. The number of aromatic nitrogens is 3. The summed E-state index contributed by atoms with van der Waals surface area (Å²) in [6, 6.07) is 2.32. The fourth-order valence-electron chi connectivity index (χ4n) is 6.93. The monoisotopic (exact) mass is 605 g/mol. The molecule has 1 aliphatic carbocycles. The largest absolute Gasteiger partial charge is 0.481 e. The van der Waals surface area contributed by atoms with E-state index in [-0.39, 0.29) is 40.6 Å². The second-order valence-electron chi connectivity index (χ2n) is 12.3. The molecule has 0 spiro atoms. The zero-order valence-corrected chi connectivity index (χ0v) is 24.4. The molecule has 2 amide bonds. The van der Waals surface area contributed by atoms with Crippen LogP contribution in [-0.4, -0.2) is 54.7 Å². The predicted molar refractivity (Wildman–Crippen MR) is 153 cm³/mol. The first-order valence-electron chi connectivity index (χ1n) is 14.2. The van der Waals surface area contributed by atoms with Crippen LogP contribution in [0.25, 0.3) is 16.8 Å². The number of fused-ring (bicyclic) bond motifs is 2. The number of carbonyl (C=O) groups is 3. The van der Waals surface area contributed by atoms with E-state index in [0.29, 0.717) is 22.3 Å². The summed E-state index contributed by atoms with van der Waals surface area (Å²) in [5.74, 6) is -5.75. The van der Waals surface area contributed by atoms with Gasteiger partial charge in [-0.15, -0.1) is 0 Å².